The van der Waals surface area contributed by atoms with Crippen LogP contribution in [0.25, 0.3) is 0 Å². The summed E-state index contributed by atoms with van der Waals surface area (Å²) in [7, 11) is 1.41. The Labute approximate surface area is 180 Å². The Morgan fingerprint density at radius 2 is 1.97 bits per heavy atom. The zero-order valence-electron chi connectivity index (χ0n) is 18.8. The summed E-state index contributed by atoms with van der Waals surface area (Å²) in [4.78, 5) is 22.8. The van der Waals surface area contributed by atoms with Crippen molar-refractivity contribution in [1.29, 1.82) is 0 Å². The van der Waals surface area contributed by atoms with Crippen molar-refractivity contribution in [3.05, 3.63) is 23.8 Å². The van der Waals surface area contributed by atoms with Gasteiger partial charge in [-0.3, -0.25) is 9.59 Å². The van der Waals surface area contributed by atoms with E-state index in [9.17, 15) is 14.7 Å². The van der Waals surface area contributed by atoms with E-state index in [4.69, 9.17) is 9.47 Å². The molecule has 0 unspecified atom stereocenters. The molecule has 1 aliphatic carbocycles. The third-order valence-electron chi connectivity index (χ3n) is 6.04. The minimum Gasteiger partial charge on any atom is -0.469 e. The summed E-state index contributed by atoms with van der Waals surface area (Å²) in [6.45, 7) is 5.54. The average Bonchev–Trinajstić information content (AvgIpc) is 3.19. The predicted octanol–water partition coefficient (Wildman–Crippen LogP) is 4.11. The van der Waals surface area contributed by atoms with Crippen LogP contribution in [0.3, 0.4) is 0 Å². The van der Waals surface area contributed by atoms with E-state index < -0.39 is 6.10 Å². The number of methoxy groups -OCH3 is 1. The van der Waals surface area contributed by atoms with E-state index in [1.165, 1.54) is 19.6 Å². The highest BCUT2D eigenvalue weighted by atomic mass is 16.6. The van der Waals surface area contributed by atoms with Gasteiger partial charge in [0.2, 0.25) is 0 Å². The lowest BCUT2D eigenvalue weighted by Gasteiger charge is -2.21. The lowest BCUT2D eigenvalue weighted by Crippen LogP contribution is -2.24. The highest BCUT2D eigenvalue weighted by molar-refractivity contribution is 5.69. The summed E-state index contributed by atoms with van der Waals surface area (Å²) in [5.74, 6) is -0.0862. The van der Waals surface area contributed by atoms with Gasteiger partial charge < -0.3 is 19.3 Å². The van der Waals surface area contributed by atoms with Gasteiger partial charge in [-0.25, -0.2) is 0 Å². The predicted molar refractivity (Wildman–Crippen MR) is 115 cm³/mol. The van der Waals surface area contributed by atoms with Gasteiger partial charge in [0.25, 0.3) is 0 Å². The molecule has 1 saturated heterocycles. The number of hydrogen-bond acceptors (Lipinski definition) is 6. The Morgan fingerprint density at radius 3 is 2.63 bits per heavy atom. The number of rotatable bonds is 11. The summed E-state index contributed by atoms with van der Waals surface area (Å²) in [5.41, 5.74) is 1.25. The van der Waals surface area contributed by atoms with Crippen LogP contribution in [0.15, 0.2) is 23.8 Å². The monoisotopic (exact) mass is 422 g/mol. The molecule has 6 nitrogen and oxygen atoms in total. The van der Waals surface area contributed by atoms with Crippen molar-refractivity contribution in [2.24, 2.45) is 11.8 Å². The summed E-state index contributed by atoms with van der Waals surface area (Å²) in [6.07, 6.45) is 11.8. The Balaban J connectivity index is 1.89. The lowest BCUT2D eigenvalue weighted by molar-refractivity contribution is -0.148. The molecule has 6 heteroatoms. The van der Waals surface area contributed by atoms with Crippen molar-refractivity contribution in [2.45, 2.75) is 96.6 Å². The van der Waals surface area contributed by atoms with Gasteiger partial charge >= 0.3 is 11.9 Å². The molecule has 0 spiro atoms. The minimum atomic E-state index is -0.505. The molecule has 0 bridgehead atoms. The van der Waals surface area contributed by atoms with Crippen LogP contribution >= 0.6 is 0 Å². The van der Waals surface area contributed by atoms with E-state index >= 15 is 0 Å². The number of hydrogen-bond donors (Lipinski definition) is 1. The fraction of sp³-hybridized carbons (Fsp3) is 0.750. The van der Waals surface area contributed by atoms with Gasteiger partial charge in [0.05, 0.1) is 25.4 Å². The molecule has 1 saturated carbocycles. The van der Waals surface area contributed by atoms with Crippen LogP contribution in [-0.2, 0) is 23.8 Å². The Hall–Kier alpha value is -1.66. The van der Waals surface area contributed by atoms with Crippen LogP contribution in [0.2, 0.25) is 0 Å². The van der Waals surface area contributed by atoms with Gasteiger partial charge in [-0.1, -0.05) is 30.2 Å². The number of carbonyl (C=O) groups is 2. The molecule has 30 heavy (non-hydrogen) atoms. The Morgan fingerprint density at radius 1 is 1.20 bits per heavy atom. The molecule has 1 N–H and O–H groups in total. The second-order valence-corrected chi connectivity index (χ2v) is 8.79. The average molecular weight is 423 g/mol. The smallest absolute Gasteiger partial charge is 0.305 e. The maximum Gasteiger partial charge on any atom is 0.305 e. The van der Waals surface area contributed by atoms with Gasteiger partial charge in [0.15, 0.2) is 0 Å². The molecule has 0 amide bonds. The topological polar surface area (TPSA) is 82.1 Å². The number of ether oxygens (including phenoxy) is 3. The largest absolute Gasteiger partial charge is 0.469 e. The van der Waals surface area contributed by atoms with Crippen LogP contribution in [0.4, 0.5) is 0 Å². The molecule has 1 aliphatic heterocycles. The fourth-order valence-electron chi connectivity index (χ4n) is 4.59. The first-order valence-electron chi connectivity index (χ1n) is 11.2. The van der Waals surface area contributed by atoms with Gasteiger partial charge in [0.1, 0.15) is 6.10 Å². The van der Waals surface area contributed by atoms with Crippen molar-refractivity contribution in [3.63, 3.8) is 0 Å². The first kappa shape index (κ1) is 24.6. The van der Waals surface area contributed by atoms with E-state index in [1.807, 2.05) is 12.2 Å². The van der Waals surface area contributed by atoms with E-state index in [2.05, 4.69) is 24.7 Å². The maximum absolute atomic E-state index is 11.5. The number of carbonyl (C=O) groups excluding carboxylic acids is 2. The lowest BCUT2D eigenvalue weighted by atomic mass is 9.88. The quantitative estimate of drug-likeness (QED) is 0.307. The number of allylic oxidation sites excluding steroid dienone is 2. The number of aliphatic hydroxyl groups is 1. The molecule has 2 rings (SSSR count). The normalized spacial score (nSPS) is 28.9. The zero-order valence-corrected chi connectivity index (χ0v) is 18.8. The Bertz CT molecular complexity index is 621. The van der Waals surface area contributed by atoms with E-state index in [1.54, 1.807) is 0 Å². The second-order valence-electron chi connectivity index (χ2n) is 8.79. The van der Waals surface area contributed by atoms with E-state index in [-0.39, 0.29) is 36.2 Å². The minimum absolute atomic E-state index is 0.0667. The van der Waals surface area contributed by atoms with Crippen LogP contribution in [0, 0.1) is 11.8 Å². The first-order valence-corrected chi connectivity index (χ1v) is 11.2. The van der Waals surface area contributed by atoms with E-state index in [0.29, 0.717) is 25.2 Å². The summed E-state index contributed by atoms with van der Waals surface area (Å²) in [5, 5.41) is 10.3. The molecule has 0 radical (unpaired) electrons. The summed E-state index contributed by atoms with van der Waals surface area (Å²) in [6, 6.07) is 0. The van der Waals surface area contributed by atoms with Crippen molar-refractivity contribution >= 4 is 11.9 Å². The molecule has 0 aromatic rings. The van der Waals surface area contributed by atoms with Crippen LogP contribution in [-0.4, -0.2) is 48.6 Å². The maximum atomic E-state index is 11.5. The SMILES string of the molecule is COC(=O)CCCC[C@@H]1C[C@@H]2[C@@H](C=C[C@@H](O)CCC=C(C)C)[C@H](OC(C)=O)C[C@@H]2O1. The molecule has 170 valence electrons. The standard InChI is InChI=1S/C24H38O6/c1-16(2)8-7-9-18(26)12-13-20-21-14-19(10-5-6-11-24(27)28-4)30-23(21)15-22(20)29-17(3)25/h8,12-13,18-23,26H,5-7,9-11,14-15H2,1-4H3/t18-,19+,20+,21+,22+,23-/m0/s1. The molecular formula is C24H38O6. The molecular weight excluding hydrogens is 384 g/mol. The fourth-order valence-corrected chi connectivity index (χ4v) is 4.59. The Kier molecular flexibility index (Phi) is 10.1. The molecule has 6 atom stereocenters. The summed E-state index contributed by atoms with van der Waals surface area (Å²) < 4.78 is 16.5. The van der Waals surface area contributed by atoms with Crippen LogP contribution < -0.4 is 0 Å². The van der Waals surface area contributed by atoms with Crippen LogP contribution in [0.5, 0.6) is 0 Å². The van der Waals surface area contributed by atoms with E-state index in [0.717, 1.165) is 32.1 Å². The van der Waals surface area contributed by atoms with Crippen molar-refractivity contribution < 1.29 is 28.9 Å². The molecule has 2 fully saturated rings. The highest BCUT2D eigenvalue weighted by Crippen LogP contribution is 2.46. The third-order valence-corrected chi connectivity index (χ3v) is 6.04. The van der Waals surface area contributed by atoms with Gasteiger partial charge in [-0.15, -0.1) is 0 Å². The molecule has 2 aliphatic rings. The van der Waals surface area contributed by atoms with Gasteiger partial charge in [-0.2, -0.15) is 0 Å². The van der Waals surface area contributed by atoms with Gasteiger partial charge in [0, 0.05) is 25.7 Å². The molecule has 0 aromatic heterocycles. The number of aliphatic hydroxyl groups excluding tert-OH is 1. The van der Waals surface area contributed by atoms with Crippen molar-refractivity contribution in [2.75, 3.05) is 7.11 Å². The van der Waals surface area contributed by atoms with Crippen LogP contribution in [0.1, 0.15) is 72.1 Å². The van der Waals surface area contributed by atoms with Crippen molar-refractivity contribution in [3.8, 4) is 0 Å². The zero-order chi connectivity index (χ0) is 22.1. The number of unbranched alkanes of at least 4 members (excludes halogenated alkanes) is 1. The highest BCUT2D eigenvalue weighted by Gasteiger charge is 2.49. The molecule has 1 heterocycles. The van der Waals surface area contributed by atoms with Crippen molar-refractivity contribution in [1.82, 2.24) is 0 Å². The number of fused-ring (bicyclic) bond motifs is 1. The molecule has 0 aromatic carbocycles. The summed E-state index contributed by atoms with van der Waals surface area (Å²) >= 11 is 0. The van der Waals surface area contributed by atoms with Gasteiger partial charge in [-0.05, 0) is 51.9 Å². The first-order chi connectivity index (χ1) is 14.3. The number of esters is 2. The third kappa shape index (κ3) is 7.88. The second kappa shape index (κ2) is 12.3.